The Morgan fingerprint density at radius 2 is 1.90 bits per heavy atom. The van der Waals surface area contributed by atoms with E-state index in [-0.39, 0.29) is 24.7 Å². The van der Waals surface area contributed by atoms with Crippen LogP contribution in [-0.2, 0) is 35.6 Å². The van der Waals surface area contributed by atoms with Crippen molar-refractivity contribution in [2.45, 2.75) is 65.5 Å². The smallest absolute Gasteiger partial charge is 0.240 e. The maximum atomic E-state index is 12.3. The van der Waals surface area contributed by atoms with Crippen LogP contribution >= 0.6 is 12.2 Å². The molecule has 0 saturated carbocycles. The van der Waals surface area contributed by atoms with Gasteiger partial charge < -0.3 is 10.1 Å². The number of aromatic nitrogens is 3. The molecule has 29 heavy (non-hydrogen) atoms. The molecule has 2 atom stereocenters. The number of amides is 1. The fourth-order valence-corrected chi connectivity index (χ4v) is 3.98. The van der Waals surface area contributed by atoms with Gasteiger partial charge >= 0.3 is 0 Å². The van der Waals surface area contributed by atoms with E-state index in [9.17, 15) is 4.79 Å². The third-order valence-corrected chi connectivity index (χ3v) is 5.34. The Morgan fingerprint density at radius 1 is 1.24 bits per heavy atom. The lowest BCUT2D eigenvalue weighted by Crippen LogP contribution is -2.44. The van der Waals surface area contributed by atoms with Crippen LogP contribution in [0.3, 0.4) is 0 Å². The number of ether oxygens (including phenoxy) is 1. The van der Waals surface area contributed by atoms with Gasteiger partial charge in [0.25, 0.3) is 0 Å². The molecule has 1 saturated heterocycles. The van der Waals surface area contributed by atoms with Crippen molar-refractivity contribution in [2.75, 3.05) is 13.1 Å². The van der Waals surface area contributed by atoms with Crippen LogP contribution < -0.4 is 5.32 Å². The van der Waals surface area contributed by atoms with Gasteiger partial charge in [-0.25, -0.2) is 0 Å². The van der Waals surface area contributed by atoms with Crippen LogP contribution in [0.1, 0.15) is 44.1 Å². The molecule has 2 heterocycles. The minimum Gasteiger partial charge on any atom is -0.373 e. The Hall–Kier alpha value is -2.03. The molecule has 1 aromatic carbocycles. The normalized spacial score (nSPS) is 20.0. The highest BCUT2D eigenvalue weighted by Crippen LogP contribution is 2.15. The van der Waals surface area contributed by atoms with Crippen LogP contribution in [-0.4, -0.2) is 50.9 Å². The van der Waals surface area contributed by atoms with E-state index >= 15 is 0 Å². The first kappa shape index (κ1) is 21.7. The van der Waals surface area contributed by atoms with Gasteiger partial charge in [-0.3, -0.25) is 19.4 Å². The molecular formula is C21H31N5O2S. The largest absolute Gasteiger partial charge is 0.373 e. The van der Waals surface area contributed by atoms with Crippen molar-refractivity contribution >= 4 is 18.1 Å². The predicted octanol–water partition coefficient (Wildman–Crippen LogP) is 2.82. The third kappa shape index (κ3) is 6.22. The van der Waals surface area contributed by atoms with E-state index in [1.54, 1.807) is 4.57 Å². The molecule has 8 heteroatoms. The summed E-state index contributed by atoms with van der Waals surface area (Å²) in [7, 11) is 0. The van der Waals surface area contributed by atoms with Crippen molar-refractivity contribution in [3.63, 3.8) is 0 Å². The molecule has 3 rings (SSSR count). The van der Waals surface area contributed by atoms with E-state index in [0.717, 1.165) is 43.9 Å². The summed E-state index contributed by atoms with van der Waals surface area (Å²) in [6.07, 6.45) is 2.29. The van der Waals surface area contributed by atoms with Gasteiger partial charge in [0.05, 0.1) is 12.2 Å². The first-order valence-corrected chi connectivity index (χ1v) is 10.7. The van der Waals surface area contributed by atoms with Gasteiger partial charge in [-0.05, 0) is 43.6 Å². The van der Waals surface area contributed by atoms with Crippen LogP contribution in [0.5, 0.6) is 0 Å². The highest BCUT2D eigenvalue weighted by Gasteiger charge is 2.21. The summed E-state index contributed by atoms with van der Waals surface area (Å²) in [5, 5.41) is 9.94. The van der Waals surface area contributed by atoms with Crippen molar-refractivity contribution in [1.82, 2.24) is 25.0 Å². The number of benzene rings is 1. The van der Waals surface area contributed by atoms with Gasteiger partial charge in [0.1, 0.15) is 12.4 Å². The molecule has 1 aliphatic rings. The van der Waals surface area contributed by atoms with Crippen molar-refractivity contribution in [3.05, 3.63) is 46.0 Å². The molecule has 1 amide bonds. The number of aromatic amines is 1. The zero-order chi connectivity index (χ0) is 20.8. The average molecular weight is 418 g/mol. The van der Waals surface area contributed by atoms with E-state index in [1.807, 2.05) is 0 Å². The van der Waals surface area contributed by atoms with Crippen molar-refractivity contribution < 1.29 is 9.53 Å². The van der Waals surface area contributed by atoms with Crippen LogP contribution in [0, 0.1) is 4.77 Å². The number of carbonyl (C=O) groups excluding carboxylic acids is 1. The SMILES string of the molecule is CCCc1n[nH]c(=S)n1CC(=O)NCc1ccc(CN2CC(C)OC(C)C2)cc1. The van der Waals surface area contributed by atoms with Gasteiger partial charge in [-0.1, -0.05) is 31.2 Å². The fourth-order valence-electron chi connectivity index (χ4n) is 3.76. The number of hydrogen-bond acceptors (Lipinski definition) is 5. The number of morpholine rings is 1. The standard InChI is InChI=1S/C21H31N5O2S/c1-4-5-19-23-24-21(29)26(19)14-20(27)22-10-17-6-8-18(9-7-17)13-25-11-15(2)28-16(3)12-25/h6-9,15-16H,4-5,10-14H2,1-3H3,(H,22,27)(H,24,29). The maximum absolute atomic E-state index is 12.3. The Morgan fingerprint density at radius 3 is 2.55 bits per heavy atom. The molecule has 1 aliphatic heterocycles. The topological polar surface area (TPSA) is 75.2 Å². The molecule has 0 bridgehead atoms. The van der Waals surface area contributed by atoms with Crippen LogP contribution in [0.15, 0.2) is 24.3 Å². The molecule has 2 unspecified atom stereocenters. The molecule has 2 N–H and O–H groups in total. The van der Waals surface area contributed by atoms with Crippen molar-refractivity contribution in [3.8, 4) is 0 Å². The van der Waals surface area contributed by atoms with Crippen molar-refractivity contribution in [2.24, 2.45) is 0 Å². The molecule has 0 spiro atoms. The summed E-state index contributed by atoms with van der Waals surface area (Å²) in [6.45, 7) is 9.84. The second-order valence-electron chi connectivity index (χ2n) is 7.83. The molecule has 0 radical (unpaired) electrons. The third-order valence-electron chi connectivity index (χ3n) is 5.03. The Bertz CT molecular complexity index is 851. The predicted molar refractivity (Wildman–Crippen MR) is 115 cm³/mol. The first-order valence-electron chi connectivity index (χ1n) is 10.3. The molecule has 2 aromatic rings. The number of carbonyl (C=O) groups is 1. The second-order valence-corrected chi connectivity index (χ2v) is 8.21. The fraction of sp³-hybridized carbons (Fsp3) is 0.571. The van der Waals surface area contributed by atoms with Crippen LogP contribution in [0.2, 0.25) is 0 Å². The summed E-state index contributed by atoms with van der Waals surface area (Å²) < 4.78 is 8.05. The monoisotopic (exact) mass is 417 g/mol. The van der Waals surface area contributed by atoms with Crippen LogP contribution in [0.25, 0.3) is 0 Å². The summed E-state index contributed by atoms with van der Waals surface area (Å²) in [6, 6.07) is 8.43. The number of nitrogens with one attached hydrogen (secondary N) is 2. The Kier molecular flexibility index (Phi) is 7.57. The van der Waals surface area contributed by atoms with Gasteiger partial charge in [0.2, 0.25) is 5.91 Å². The van der Waals surface area contributed by atoms with E-state index in [2.05, 4.69) is 65.5 Å². The second kappa shape index (κ2) is 10.1. The highest BCUT2D eigenvalue weighted by atomic mass is 32.1. The first-order chi connectivity index (χ1) is 13.9. The molecule has 158 valence electrons. The molecule has 7 nitrogen and oxygen atoms in total. The van der Waals surface area contributed by atoms with Gasteiger partial charge in [0.15, 0.2) is 4.77 Å². The number of nitrogens with zero attached hydrogens (tertiary/aromatic N) is 3. The lowest BCUT2D eigenvalue weighted by atomic mass is 10.1. The lowest BCUT2D eigenvalue weighted by Gasteiger charge is -2.35. The number of H-pyrrole nitrogens is 1. The molecular weight excluding hydrogens is 386 g/mol. The van der Waals surface area contributed by atoms with Crippen molar-refractivity contribution in [1.29, 1.82) is 0 Å². The number of hydrogen-bond donors (Lipinski definition) is 2. The zero-order valence-corrected chi connectivity index (χ0v) is 18.3. The average Bonchev–Trinajstić information content (AvgIpc) is 3.00. The Labute approximate surface area is 177 Å². The minimum absolute atomic E-state index is 0.0692. The summed E-state index contributed by atoms with van der Waals surface area (Å²) >= 11 is 5.23. The summed E-state index contributed by atoms with van der Waals surface area (Å²) in [5.74, 6) is 0.754. The van der Waals surface area contributed by atoms with Gasteiger partial charge in [-0.15, -0.1) is 0 Å². The maximum Gasteiger partial charge on any atom is 0.240 e. The highest BCUT2D eigenvalue weighted by molar-refractivity contribution is 7.71. The quantitative estimate of drug-likeness (QED) is 0.646. The van der Waals surface area contributed by atoms with Gasteiger partial charge in [0, 0.05) is 32.6 Å². The summed E-state index contributed by atoms with van der Waals surface area (Å²) in [5.41, 5.74) is 2.35. The van der Waals surface area contributed by atoms with E-state index < -0.39 is 0 Å². The molecule has 0 aliphatic carbocycles. The van der Waals surface area contributed by atoms with Gasteiger partial charge in [-0.2, -0.15) is 5.10 Å². The molecule has 1 fully saturated rings. The number of aryl methyl sites for hydroxylation is 1. The minimum atomic E-state index is -0.0692. The van der Waals surface area contributed by atoms with E-state index in [4.69, 9.17) is 17.0 Å². The van der Waals surface area contributed by atoms with Crippen LogP contribution in [0.4, 0.5) is 0 Å². The number of rotatable bonds is 8. The van der Waals surface area contributed by atoms with E-state index in [0.29, 0.717) is 11.3 Å². The summed E-state index contributed by atoms with van der Waals surface area (Å²) in [4.78, 5) is 14.8. The lowest BCUT2D eigenvalue weighted by molar-refractivity contribution is -0.121. The molecule has 1 aromatic heterocycles. The Balaban J connectivity index is 1.49. The zero-order valence-electron chi connectivity index (χ0n) is 17.5. The van der Waals surface area contributed by atoms with E-state index in [1.165, 1.54) is 5.56 Å².